The molecule has 0 spiro atoms. The number of carbonyl (C=O) groups excluding carboxylic acids is 2. The summed E-state index contributed by atoms with van der Waals surface area (Å²) in [5.41, 5.74) is 1.34. The molecule has 1 atom stereocenters. The van der Waals surface area contributed by atoms with Crippen LogP contribution in [-0.2, 0) is 21.9 Å². The lowest BCUT2D eigenvalue weighted by Gasteiger charge is -2.24. The number of aryl methyl sites for hydroxylation is 3. The van der Waals surface area contributed by atoms with Crippen molar-refractivity contribution >= 4 is 27.5 Å². The summed E-state index contributed by atoms with van der Waals surface area (Å²) in [5.74, 6) is -0.851. The second-order valence-corrected chi connectivity index (χ2v) is 7.75. The molecule has 0 aliphatic carbocycles. The van der Waals surface area contributed by atoms with E-state index in [0.717, 1.165) is 0 Å². The summed E-state index contributed by atoms with van der Waals surface area (Å²) >= 11 is 0. The molecule has 1 aromatic carbocycles. The summed E-state index contributed by atoms with van der Waals surface area (Å²) < 4.78 is 34.3. The van der Waals surface area contributed by atoms with Gasteiger partial charge in [0.2, 0.25) is 0 Å². The van der Waals surface area contributed by atoms with Gasteiger partial charge in [-0.2, -0.15) is 5.10 Å². The van der Waals surface area contributed by atoms with Gasteiger partial charge in [-0.25, -0.2) is 13.1 Å². The average Bonchev–Trinajstić information content (AvgIpc) is 2.86. The molecule has 1 aliphatic heterocycles. The SMILES string of the molecule is Cc1cc2c(cc1S(=O)(=O)NC(=O)c1cn(C)nc1C)OC(C)C(=O)N2. The van der Waals surface area contributed by atoms with Gasteiger partial charge in [0.25, 0.3) is 21.8 Å². The van der Waals surface area contributed by atoms with Gasteiger partial charge in [-0.3, -0.25) is 14.3 Å². The van der Waals surface area contributed by atoms with Gasteiger partial charge in [0, 0.05) is 19.3 Å². The smallest absolute Gasteiger partial charge is 0.268 e. The summed E-state index contributed by atoms with van der Waals surface area (Å²) in [6, 6.07) is 2.79. The summed E-state index contributed by atoms with van der Waals surface area (Å²) in [4.78, 5) is 23.9. The van der Waals surface area contributed by atoms with E-state index in [2.05, 4.69) is 10.4 Å². The first-order valence-corrected chi connectivity index (χ1v) is 9.26. The molecule has 0 fully saturated rings. The van der Waals surface area contributed by atoms with Crippen LogP contribution >= 0.6 is 0 Å². The third-order valence-electron chi connectivity index (χ3n) is 3.98. The maximum atomic E-state index is 12.7. The molecule has 1 aromatic heterocycles. The molecule has 26 heavy (non-hydrogen) atoms. The first-order chi connectivity index (χ1) is 12.1. The minimum atomic E-state index is -4.14. The molecule has 10 heteroatoms. The monoisotopic (exact) mass is 378 g/mol. The van der Waals surface area contributed by atoms with Gasteiger partial charge in [-0.15, -0.1) is 0 Å². The highest BCUT2D eigenvalue weighted by Gasteiger charge is 2.28. The number of hydrogen-bond acceptors (Lipinski definition) is 6. The molecule has 0 radical (unpaired) electrons. The van der Waals surface area contributed by atoms with Crippen LogP contribution in [0.4, 0.5) is 5.69 Å². The Morgan fingerprint density at radius 3 is 2.65 bits per heavy atom. The van der Waals surface area contributed by atoms with Crippen molar-refractivity contribution in [2.45, 2.75) is 31.8 Å². The zero-order valence-electron chi connectivity index (χ0n) is 14.7. The van der Waals surface area contributed by atoms with Crippen LogP contribution in [0.3, 0.4) is 0 Å². The molecule has 2 aromatic rings. The van der Waals surface area contributed by atoms with Crippen LogP contribution in [0.1, 0.15) is 28.5 Å². The zero-order chi connectivity index (χ0) is 19.2. The second kappa shape index (κ2) is 6.13. The van der Waals surface area contributed by atoms with E-state index in [4.69, 9.17) is 4.74 Å². The van der Waals surface area contributed by atoms with Gasteiger partial charge < -0.3 is 10.1 Å². The highest BCUT2D eigenvalue weighted by Crippen LogP contribution is 2.34. The topological polar surface area (TPSA) is 119 Å². The molecule has 2 amide bonds. The van der Waals surface area contributed by atoms with Gasteiger partial charge in [-0.05, 0) is 32.4 Å². The minimum absolute atomic E-state index is 0.102. The number of hydrogen-bond donors (Lipinski definition) is 2. The highest BCUT2D eigenvalue weighted by molar-refractivity contribution is 7.90. The van der Waals surface area contributed by atoms with E-state index in [9.17, 15) is 18.0 Å². The van der Waals surface area contributed by atoms with Crippen LogP contribution in [0.15, 0.2) is 23.2 Å². The van der Waals surface area contributed by atoms with Crippen molar-refractivity contribution in [2.24, 2.45) is 7.05 Å². The summed E-state index contributed by atoms with van der Waals surface area (Å²) in [6.45, 7) is 4.74. The largest absolute Gasteiger partial charge is 0.479 e. The zero-order valence-corrected chi connectivity index (χ0v) is 15.5. The number of anilines is 1. The summed E-state index contributed by atoms with van der Waals surface area (Å²) in [5, 5.41) is 6.68. The van der Waals surface area contributed by atoms with Crippen LogP contribution in [0.25, 0.3) is 0 Å². The number of sulfonamides is 1. The van der Waals surface area contributed by atoms with E-state index in [1.165, 1.54) is 23.0 Å². The van der Waals surface area contributed by atoms with Crippen molar-refractivity contribution in [3.8, 4) is 5.75 Å². The summed E-state index contributed by atoms with van der Waals surface area (Å²) in [6.07, 6.45) is 0.702. The average molecular weight is 378 g/mol. The molecule has 1 aliphatic rings. The maximum Gasteiger partial charge on any atom is 0.268 e. The van der Waals surface area contributed by atoms with E-state index in [0.29, 0.717) is 16.9 Å². The number of nitrogens with one attached hydrogen (secondary N) is 2. The second-order valence-electron chi connectivity index (χ2n) is 6.10. The molecule has 0 saturated heterocycles. The van der Waals surface area contributed by atoms with E-state index in [-0.39, 0.29) is 22.1 Å². The molecule has 3 rings (SSSR count). The molecular weight excluding hydrogens is 360 g/mol. The Morgan fingerprint density at radius 1 is 1.35 bits per heavy atom. The van der Waals surface area contributed by atoms with Crippen LogP contribution in [0.2, 0.25) is 0 Å². The first-order valence-electron chi connectivity index (χ1n) is 7.78. The van der Waals surface area contributed by atoms with Crippen LogP contribution in [0.5, 0.6) is 5.75 Å². The normalized spacial score (nSPS) is 16.5. The van der Waals surface area contributed by atoms with Gasteiger partial charge in [-0.1, -0.05) is 0 Å². The Kier molecular flexibility index (Phi) is 4.23. The van der Waals surface area contributed by atoms with Gasteiger partial charge in [0.15, 0.2) is 6.10 Å². The number of fused-ring (bicyclic) bond motifs is 1. The van der Waals surface area contributed by atoms with Crippen LogP contribution < -0.4 is 14.8 Å². The molecule has 2 heterocycles. The van der Waals surface area contributed by atoms with Crippen molar-refractivity contribution in [1.29, 1.82) is 0 Å². The fourth-order valence-corrected chi connectivity index (χ4v) is 3.90. The minimum Gasteiger partial charge on any atom is -0.479 e. The van der Waals surface area contributed by atoms with Crippen molar-refractivity contribution in [2.75, 3.05) is 5.32 Å². The fourth-order valence-electron chi connectivity index (χ4n) is 2.69. The number of rotatable bonds is 3. The van der Waals surface area contributed by atoms with E-state index in [1.807, 2.05) is 4.72 Å². The number of ether oxygens (including phenoxy) is 1. The third kappa shape index (κ3) is 3.15. The molecular formula is C16H18N4O5S. The molecule has 0 saturated carbocycles. The fraction of sp³-hybridized carbons (Fsp3) is 0.312. The Bertz CT molecular complexity index is 1030. The van der Waals surface area contributed by atoms with Gasteiger partial charge in [0.1, 0.15) is 5.75 Å². The lowest BCUT2D eigenvalue weighted by molar-refractivity contribution is -0.122. The van der Waals surface area contributed by atoms with Crippen molar-refractivity contribution in [3.63, 3.8) is 0 Å². The highest BCUT2D eigenvalue weighted by atomic mass is 32.2. The quantitative estimate of drug-likeness (QED) is 0.818. The molecule has 9 nitrogen and oxygen atoms in total. The Balaban J connectivity index is 1.95. The predicted molar refractivity (Wildman–Crippen MR) is 92.5 cm³/mol. The third-order valence-corrected chi connectivity index (χ3v) is 5.46. The number of benzene rings is 1. The number of amides is 2. The number of carbonyl (C=O) groups is 2. The Labute approximate surface area is 150 Å². The van der Waals surface area contributed by atoms with Crippen LogP contribution in [-0.4, -0.2) is 36.1 Å². The molecule has 138 valence electrons. The number of aromatic nitrogens is 2. The predicted octanol–water partition coefficient (Wildman–Crippen LogP) is 0.875. The Hall–Kier alpha value is -2.88. The van der Waals surface area contributed by atoms with Gasteiger partial charge >= 0.3 is 0 Å². The molecule has 0 bridgehead atoms. The maximum absolute atomic E-state index is 12.7. The number of nitrogens with zero attached hydrogens (tertiary/aromatic N) is 2. The van der Waals surface area contributed by atoms with Crippen molar-refractivity contribution < 1.29 is 22.7 Å². The summed E-state index contributed by atoms with van der Waals surface area (Å²) in [7, 11) is -2.50. The van der Waals surface area contributed by atoms with Gasteiger partial charge in [0.05, 0.1) is 21.8 Å². The Morgan fingerprint density at radius 2 is 2.04 bits per heavy atom. The molecule has 2 N–H and O–H groups in total. The first kappa shape index (κ1) is 17.9. The van der Waals surface area contributed by atoms with E-state index >= 15 is 0 Å². The van der Waals surface area contributed by atoms with Crippen molar-refractivity contribution in [3.05, 3.63) is 35.2 Å². The van der Waals surface area contributed by atoms with Crippen LogP contribution in [0, 0.1) is 13.8 Å². The lowest BCUT2D eigenvalue weighted by Crippen LogP contribution is -2.35. The van der Waals surface area contributed by atoms with E-state index < -0.39 is 22.0 Å². The van der Waals surface area contributed by atoms with Crippen molar-refractivity contribution in [1.82, 2.24) is 14.5 Å². The van der Waals surface area contributed by atoms with E-state index in [1.54, 1.807) is 27.8 Å². The lowest BCUT2D eigenvalue weighted by atomic mass is 10.1. The standard InChI is InChI=1S/C16H18N4O5S/c1-8-5-12-13(25-10(3)15(21)17-12)6-14(8)26(23,24)19-16(22)11-7-20(4)18-9(11)2/h5-7,10H,1-4H3,(H,17,21)(H,19,22). The molecule has 1 unspecified atom stereocenters.